The second-order valence-electron chi connectivity index (χ2n) is 4.40. The van der Waals surface area contributed by atoms with Gasteiger partial charge in [0.15, 0.2) is 0 Å². The fourth-order valence-corrected chi connectivity index (χ4v) is 1.93. The summed E-state index contributed by atoms with van der Waals surface area (Å²) in [7, 11) is 0. The number of carbonyl (C=O) groups excluding carboxylic acids is 2. The lowest BCUT2D eigenvalue weighted by Gasteiger charge is -2.23. The van der Waals surface area contributed by atoms with Gasteiger partial charge >= 0.3 is 11.8 Å². The minimum absolute atomic E-state index is 0.0314. The molecule has 0 atom stereocenters. The van der Waals surface area contributed by atoms with E-state index in [1.165, 1.54) is 18.2 Å². The number of amides is 1. The number of rotatable bonds is 4. The number of benzene rings is 1. The van der Waals surface area contributed by atoms with Crippen LogP contribution < -0.4 is 5.32 Å². The molecule has 0 fully saturated rings. The van der Waals surface area contributed by atoms with Crippen molar-refractivity contribution >= 4 is 17.4 Å². The Kier molecular flexibility index (Phi) is 3.47. The van der Waals surface area contributed by atoms with E-state index in [2.05, 4.69) is 0 Å². The Balaban J connectivity index is 2.23. The fourth-order valence-electron chi connectivity index (χ4n) is 1.93. The van der Waals surface area contributed by atoms with E-state index in [0.29, 0.717) is 12.0 Å². The smallest absolute Gasteiger partial charge is 0.320 e. The monoisotopic (exact) mass is 284 g/mol. The molecular weight excluding hydrogens is 274 g/mol. The van der Waals surface area contributed by atoms with Crippen molar-refractivity contribution in [1.82, 2.24) is 0 Å². The Hall–Kier alpha value is -2.38. The molecule has 0 spiro atoms. The van der Waals surface area contributed by atoms with Gasteiger partial charge in [-0.2, -0.15) is 8.78 Å². The van der Waals surface area contributed by atoms with Crippen molar-refractivity contribution in [3.63, 3.8) is 0 Å². The van der Waals surface area contributed by atoms with Gasteiger partial charge in [-0.15, -0.1) is 0 Å². The zero-order chi connectivity index (χ0) is 14.9. The normalized spacial score (nSPS) is 16.5. The average Bonchev–Trinajstić information content (AvgIpc) is 2.37. The zero-order valence-electron chi connectivity index (χ0n) is 10.2. The lowest BCUT2D eigenvalue weighted by molar-refractivity contribution is -0.480. The Bertz CT molecular complexity index is 601. The van der Waals surface area contributed by atoms with E-state index >= 15 is 0 Å². The number of hydrogen-bond donors (Lipinski definition) is 1. The van der Waals surface area contributed by atoms with Gasteiger partial charge in [0, 0.05) is 16.9 Å². The summed E-state index contributed by atoms with van der Waals surface area (Å²) in [5.74, 6) is -7.27. The van der Waals surface area contributed by atoms with Gasteiger partial charge in [-0.3, -0.25) is 19.7 Å². The Labute approximate surface area is 111 Å². The van der Waals surface area contributed by atoms with Crippen molar-refractivity contribution < 1.29 is 23.3 Å². The van der Waals surface area contributed by atoms with Crippen LogP contribution in [0.4, 0.5) is 14.5 Å². The highest BCUT2D eigenvalue weighted by Crippen LogP contribution is 2.32. The molecule has 0 bridgehead atoms. The maximum Gasteiger partial charge on any atom is 0.386 e. The molecule has 0 unspecified atom stereocenters. The summed E-state index contributed by atoms with van der Waals surface area (Å²) in [6.45, 7) is -0.238. The van der Waals surface area contributed by atoms with Crippen LogP contribution in [0.1, 0.15) is 22.3 Å². The van der Waals surface area contributed by atoms with Crippen molar-refractivity contribution in [2.24, 2.45) is 0 Å². The molecule has 2 rings (SSSR count). The average molecular weight is 284 g/mol. The standard InChI is InChI=1S/C12H10F2N2O4/c13-12(14)10(17)8-6-7(2-1-5-16(19)20)3-4-9(8)15-11(12)18/h3-4,6H,1-2,5H2,(H,15,18). The molecule has 20 heavy (non-hydrogen) atoms. The summed E-state index contributed by atoms with van der Waals surface area (Å²) in [6, 6.07) is 4.13. The summed E-state index contributed by atoms with van der Waals surface area (Å²) >= 11 is 0. The van der Waals surface area contributed by atoms with Crippen LogP contribution in [0.3, 0.4) is 0 Å². The molecule has 1 heterocycles. The highest BCUT2D eigenvalue weighted by atomic mass is 19.3. The van der Waals surface area contributed by atoms with E-state index in [4.69, 9.17) is 0 Å². The van der Waals surface area contributed by atoms with Gasteiger partial charge in [-0.05, 0) is 24.1 Å². The predicted octanol–water partition coefficient (Wildman–Crippen LogP) is 1.67. The lowest BCUT2D eigenvalue weighted by atomic mass is 9.95. The van der Waals surface area contributed by atoms with Crippen molar-refractivity contribution in [3.05, 3.63) is 39.4 Å². The molecule has 1 aromatic rings. The summed E-state index contributed by atoms with van der Waals surface area (Å²) in [6.07, 6.45) is 0.532. The van der Waals surface area contributed by atoms with Gasteiger partial charge in [-0.25, -0.2) is 0 Å². The molecule has 1 aliphatic heterocycles. The molecule has 1 N–H and O–H groups in total. The van der Waals surface area contributed by atoms with Crippen LogP contribution in [0.25, 0.3) is 0 Å². The van der Waals surface area contributed by atoms with Crippen LogP contribution in [0.15, 0.2) is 18.2 Å². The number of nitrogens with zero attached hydrogens (tertiary/aromatic N) is 1. The van der Waals surface area contributed by atoms with Gasteiger partial charge < -0.3 is 5.32 Å². The van der Waals surface area contributed by atoms with E-state index in [0.717, 1.165) is 0 Å². The third-order valence-corrected chi connectivity index (χ3v) is 2.95. The molecule has 6 nitrogen and oxygen atoms in total. The van der Waals surface area contributed by atoms with Crippen LogP contribution in [-0.2, 0) is 11.2 Å². The molecule has 106 valence electrons. The summed E-state index contributed by atoms with van der Waals surface area (Å²) in [5.41, 5.74) is 0.294. The van der Waals surface area contributed by atoms with E-state index in [1.807, 2.05) is 5.32 Å². The zero-order valence-corrected chi connectivity index (χ0v) is 10.2. The largest absolute Gasteiger partial charge is 0.386 e. The van der Waals surface area contributed by atoms with Crippen LogP contribution >= 0.6 is 0 Å². The van der Waals surface area contributed by atoms with Crippen molar-refractivity contribution in [1.29, 1.82) is 0 Å². The molecular formula is C12H10F2N2O4. The summed E-state index contributed by atoms with van der Waals surface area (Å²) in [4.78, 5) is 32.4. The van der Waals surface area contributed by atoms with Crippen LogP contribution in [-0.4, -0.2) is 29.1 Å². The Morgan fingerprint density at radius 2 is 2.00 bits per heavy atom. The third kappa shape index (κ3) is 2.49. The minimum Gasteiger partial charge on any atom is -0.320 e. The Morgan fingerprint density at radius 1 is 1.30 bits per heavy atom. The van der Waals surface area contributed by atoms with Gasteiger partial charge in [0.1, 0.15) is 0 Å². The number of nitrogens with one attached hydrogen (secondary N) is 1. The maximum absolute atomic E-state index is 13.3. The SMILES string of the molecule is O=C1Nc2ccc(CCC[N+](=O)[O-])cc2C(=O)C1(F)F. The first-order valence-electron chi connectivity index (χ1n) is 5.81. The molecule has 0 saturated carbocycles. The van der Waals surface area contributed by atoms with Crippen LogP contribution in [0, 0.1) is 10.1 Å². The highest BCUT2D eigenvalue weighted by molar-refractivity contribution is 6.25. The molecule has 0 radical (unpaired) electrons. The molecule has 0 aliphatic carbocycles. The molecule has 0 saturated heterocycles. The number of carbonyl (C=O) groups is 2. The van der Waals surface area contributed by atoms with Gasteiger partial charge in [-0.1, -0.05) is 6.07 Å². The number of aryl methyl sites for hydroxylation is 1. The number of fused-ring (bicyclic) bond motifs is 1. The van der Waals surface area contributed by atoms with E-state index in [1.54, 1.807) is 0 Å². The van der Waals surface area contributed by atoms with Gasteiger partial charge in [0.05, 0.1) is 5.69 Å². The number of ketones is 1. The van der Waals surface area contributed by atoms with E-state index < -0.39 is 22.5 Å². The minimum atomic E-state index is -4.08. The number of alkyl halides is 2. The fraction of sp³-hybridized carbons (Fsp3) is 0.333. The second kappa shape index (κ2) is 4.95. The van der Waals surface area contributed by atoms with Crippen LogP contribution in [0.2, 0.25) is 0 Å². The number of hydrogen-bond acceptors (Lipinski definition) is 4. The first-order valence-corrected chi connectivity index (χ1v) is 5.81. The second-order valence-corrected chi connectivity index (χ2v) is 4.40. The van der Waals surface area contributed by atoms with Crippen molar-refractivity contribution in [2.75, 3.05) is 11.9 Å². The molecule has 0 aromatic heterocycles. The number of anilines is 1. The maximum atomic E-state index is 13.3. The van der Waals surface area contributed by atoms with Gasteiger partial charge in [0.2, 0.25) is 12.3 Å². The van der Waals surface area contributed by atoms with E-state index in [9.17, 15) is 28.5 Å². The molecule has 1 aliphatic rings. The number of nitro groups is 1. The summed E-state index contributed by atoms with van der Waals surface area (Å²) in [5, 5.41) is 12.2. The molecule has 1 aromatic carbocycles. The topological polar surface area (TPSA) is 89.3 Å². The first-order chi connectivity index (χ1) is 9.32. The molecule has 1 amide bonds. The van der Waals surface area contributed by atoms with E-state index in [-0.39, 0.29) is 24.2 Å². The quantitative estimate of drug-likeness (QED) is 0.517. The molecule has 8 heteroatoms. The number of halogens is 2. The first kappa shape index (κ1) is 14.0. The number of Topliss-reactive ketones (excluding diaryl/α,β-unsaturated/α-hetero) is 1. The highest BCUT2D eigenvalue weighted by Gasteiger charge is 2.51. The van der Waals surface area contributed by atoms with Crippen molar-refractivity contribution in [3.8, 4) is 0 Å². The summed E-state index contributed by atoms with van der Waals surface area (Å²) < 4.78 is 26.6. The van der Waals surface area contributed by atoms with Crippen LogP contribution in [0.5, 0.6) is 0 Å². The lowest BCUT2D eigenvalue weighted by Crippen LogP contribution is -2.46. The predicted molar refractivity (Wildman–Crippen MR) is 64.5 cm³/mol. The van der Waals surface area contributed by atoms with Gasteiger partial charge in [0.25, 0.3) is 0 Å². The third-order valence-electron chi connectivity index (χ3n) is 2.95. The Morgan fingerprint density at radius 3 is 2.65 bits per heavy atom. The van der Waals surface area contributed by atoms with Crippen molar-refractivity contribution in [2.45, 2.75) is 18.8 Å².